The topological polar surface area (TPSA) is 51.2 Å². The highest BCUT2D eigenvalue weighted by Crippen LogP contribution is 2.29. The lowest BCUT2D eigenvalue weighted by Gasteiger charge is -2.41. The summed E-state index contributed by atoms with van der Waals surface area (Å²) < 4.78 is 15.7. The first-order valence-corrected chi connectivity index (χ1v) is 9.15. The predicted octanol–water partition coefficient (Wildman–Crippen LogP) is 2.41. The van der Waals surface area contributed by atoms with Gasteiger partial charge in [-0.3, -0.25) is 9.69 Å². The van der Waals surface area contributed by atoms with Crippen molar-refractivity contribution in [2.24, 2.45) is 5.92 Å². The fourth-order valence-electron chi connectivity index (χ4n) is 3.85. The Labute approximate surface area is 157 Å². The summed E-state index contributed by atoms with van der Waals surface area (Å²) in [4.78, 5) is 16.3. The maximum absolute atomic E-state index is 11.6. The summed E-state index contributed by atoms with van der Waals surface area (Å²) >= 11 is 0. The molecule has 26 heavy (non-hydrogen) atoms. The molecule has 1 fully saturated rings. The number of nitrogens with zero attached hydrogens (tertiary/aromatic N) is 2. The van der Waals surface area contributed by atoms with E-state index in [0.717, 1.165) is 49.5 Å². The molecular formula is C20H32N2O4. The normalized spacial score (nSPS) is 20.8. The number of carbonyl (C=O) groups excluding carboxylic acids is 1. The Hall–Kier alpha value is -1.79. The van der Waals surface area contributed by atoms with E-state index in [1.165, 1.54) is 7.11 Å². The molecule has 0 aliphatic carbocycles. The van der Waals surface area contributed by atoms with E-state index in [2.05, 4.69) is 23.9 Å². The third kappa shape index (κ3) is 5.35. The van der Waals surface area contributed by atoms with Crippen LogP contribution in [0.15, 0.2) is 18.2 Å². The SMILES string of the molecule is COC(=O)CC[C@H]1CN(Cc2cc(OC)ccc2OC)CC[C@H]1N(C)C. The van der Waals surface area contributed by atoms with Gasteiger partial charge in [0.25, 0.3) is 0 Å². The molecule has 0 bridgehead atoms. The number of hydrogen-bond acceptors (Lipinski definition) is 6. The molecule has 1 aromatic rings. The van der Waals surface area contributed by atoms with Crippen molar-refractivity contribution < 1.29 is 19.0 Å². The summed E-state index contributed by atoms with van der Waals surface area (Å²) in [5, 5.41) is 0. The van der Waals surface area contributed by atoms with Gasteiger partial charge in [-0.25, -0.2) is 0 Å². The Balaban J connectivity index is 2.07. The molecular weight excluding hydrogens is 332 g/mol. The third-order valence-electron chi connectivity index (χ3n) is 5.27. The number of hydrogen-bond donors (Lipinski definition) is 0. The van der Waals surface area contributed by atoms with Gasteiger partial charge in [0.2, 0.25) is 0 Å². The molecule has 146 valence electrons. The molecule has 6 heteroatoms. The molecule has 1 saturated heterocycles. The molecule has 1 aromatic carbocycles. The number of esters is 1. The summed E-state index contributed by atoms with van der Waals surface area (Å²) in [6.45, 7) is 2.80. The highest BCUT2D eigenvalue weighted by molar-refractivity contribution is 5.69. The van der Waals surface area contributed by atoms with Gasteiger partial charge in [0.15, 0.2) is 0 Å². The second-order valence-electron chi connectivity index (χ2n) is 7.11. The number of carbonyl (C=O) groups is 1. The van der Waals surface area contributed by atoms with Crippen LogP contribution in [0.3, 0.4) is 0 Å². The number of ether oxygens (including phenoxy) is 3. The molecule has 1 heterocycles. The molecule has 0 amide bonds. The summed E-state index contributed by atoms with van der Waals surface area (Å²) in [6.07, 6.45) is 2.41. The Morgan fingerprint density at radius 1 is 1.23 bits per heavy atom. The summed E-state index contributed by atoms with van der Waals surface area (Å²) in [5.74, 6) is 2.03. The zero-order valence-electron chi connectivity index (χ0n) is 16.7. The fourth-order valence-corrected chi connectivity index (χ4v) is 3.85. The van der Waals surface area contributed by atoms with Crippen molar-refractivity contribution in [2.75, 3.05) is 48.5 Å². The van der Waals surface area contributed by atoms with Crippen molar-refractivity contribution in [1.29, 1.82) is 0 Å². The van der Waals surface area contributed by atoms with Gasteiger partial charge in [-0.05, 0) is 57.6 Å². The average molecular weight is 364 g/mol. The maximum Gasteiger partial charge on any atom is 0.305 e. The Morgan fingerprint density at radius 3 is 2.62 bits per heavy atom. The molecule has 0 radical (unpaired) electrons. The fraction of sp³-hybridized carbons (Fsp3) is 0.650. The van der Waals surface area contributed by atoms with Crippen molar-refractivity contribution in [3.8, 4) is 11.5 Å². The number of methoxy groups -OCH3 is 3. The Bertz CT molecular complexity index is 591. The molecule has 0 N–H and O–H groups in total. The van der Waals surface area contributed by atoms with Crippen LogP contribution in [0.4, 0.5) is 0 Å². The molecule has 0 aromatic heterocycles. The van der Waals surface area contributed by atoms with E-state index in [9.17, 15) is 4.79 Å². The number of likely N-dealkylation sites (tertiary alicyclic amines) is 1. The number of rotatable bonds is 8. The van der Waals surface area contributed by atoms with Crippen molar-refractivity contribution in [3.05, 3.63) is 23.8 Å². The first kappa shape index (κ1) is 20.5. The van der Waals surface area contributed by atoms with Gasteiger partial charge >= 0.3 is 5.97 Å². The summed E-state index contributed by atoms with van der Waals surface area (Å²) in [7, 11) is 9.07. The van der Waals surface area contributed by atoms with E-state index in [0.29, 0.717) is 18.4 Å². The van der Waals surface area contributed by atoms with Gasteiger partial charge in [0.1, 0.15) is 11.5 Å². The lowest BCUT2D eigenvalue weighted by atomic mass is 9.87. The van der Waals surface area contributed by atoms with E-state index in [1.807, 2.05) is 18.2 Å². The Kier molecular flexibility index (Phi) is 7.72. The standard InChI is InChI=1S/C20H32N2O4/c1-21(2)18-10-11-22(13-15(18)6-9-20(23)26-5)14-16-12-17(24-3)7-8-19(16)25-4/h7-8,12,15,18H,6,9-11,13-14H2,1-5H3/t15-,18+/m0/s1. The highest BCUT2D eigenvalue weighted by Gasteiger charge is 2.31. The minimum absolute atomic E-state index is 0.130. The van der Waals surface area contributed by atoms with Crippen LogP contribution in [0.25, 0.3) is 0 Å². The van der Waals surface area contributed by atoms with Crippen molar-refractivity contribution in [3.63, 3.8) is 0 Å². The van der Waals surface area contributed by atoms with Crippen LogP contribution >= 0.6 is 0 Å². The molecule has 1 aliphatic heterocycles. The first-order chi connectivity index (χ1) is 12.5. The van der Waals surface area contributed by atoms with Crippen LogP contribution in [-0.4, -0.2) is 70.3 Å². The largest absolute Gasteiger partial charge is 0.497 e. The third-order valence-corrected chi connectivity index (χ3v) is 5.27. The zero-order chi connectivity index (χ0) is 19.1. The van der Waals surface area contributed by atoms with E-state index in [1.54, 1.807) is 14.2 Å². The predicted molar refractivity (Wildman–Crippen MR) is 102 cm³/mol. The molecule has 0 unspecified atom stereocenters. The summed E-state index contributed by atoms with van der Waals surface area (Å²) in [6, 6.07) is 6.40. The first-order valence-electron chi connectivity index (χ1n) is 9.15. The molecule has 2 rings (SSSR count). The highest BCUT2D eigenvalue weighted by atomic mass is 16.5. The van der Waals surface area contributed by atoms with E-state index in [-0.39, 0.29) is 5.97 Å². The van der Waals surface area contributed by atoms with Crippen molar-refractivity contribution >= 4 is 5.97 Å². The van der Waals surface area contributed by atoms with Crippen molar-refractivity contribution in [1.82, 2.24) is 9.80 Å². The van der Waals surface area contributed by atoms with E-state index >= 15 is 0 Å². The minimum Gasteiger partial charge on any atom is -0.497 e. The number of piperidine rings is 1. The van der Waals surface area contributed by atoms with Gasteiger partial charge in [-0.2, -0.15) is 0 Å². The van der Waals surface area contributed by atoms with Crippen LogP contribution in [0.1, 0.15) is 24.8 Å². The molecule has 2 atom stereocenters. The molecule has 6 nitrogen and oxygen atoms in total. The van der Waals surface area contributed by atoms with E-state index in [4.69, 9.17) is 14.2 Å². The van der Waals surface area contributed by atoms with Crippen LogP contribution in [-0.2, 0) is 16.1 Å². The zero-order valence-corrected chi connectivity index (χ0v) is 16.7. The molecule has 1 aliphatic rings. The minimum atomic E-state index is -0.130. The Morgan fingerprint density at radius 2 is 2.00 bits per heavy atom. The van der Waals surface area contributed by atoms with Crippen LogP contribution in [0, 0.1) is 5.92 Å². The molecule has 0 saturated carbocycles. The second kappa shape index (κ2) is 9.78. The van der Waals surface area contributed by atoms with Gasteiger partial charge in [0, 0.05) is 31.1 Å². The lowest BCUT2D eigenvalue weighted by molar-refractivity contribution is -0.141. The van der Waals surface area contributed by atoms with Gasteiger partial charge in [-0.15, -0.1) is 0 Å². The van der Waals surface area contributed by atoms with Crippen LogP contribution < -0.4 is 9.47 Å². The van der Waals surface area contributed by atoms with Gasteiger partial charge < -0.3 is 19.1 Å². The van der Waals surface area contributed by atoms with Gasteiger partial charge in [-0.1, -0.05) is 0 Å². The summed E-state index contributed by atoms with van der Waals surface area (Å²) in [5.41, 5.74) is 1.13. The molecule has 0 spiro atoms. The van der Waals surface area contributed by atoms with Gasteiger partial charge in [0.05, 0.1) is 21.3 Å². The maximum atomic E-state index is 11.6. The second-order valence-corrected chi connectivity index (χ2v) is 7.11. The monoisotopic (exact) mass is 364 g/mol. The van der Waals surface area contributed by atoms with E-state index < -0.39 is 0 Å². The van der Waals surface area contributed by atoms with Crippen LogP contribution in [0.5, 0.6) is 11.5 Å². The van der Waals surface area contributed by atoms with Crippen LogP contribution in [0.2, 0.25) is 0 Å². The number of benzene rings is 1. The smallest absolute Gasteiger partial charge is 0.305 e. The quantitative estimate of drug-likeness (QED) is 0.660. The van der Waals surface area contributed by atoms with Crippen molar-refractivity contribution in [2.45, 2.75) is 31.8 Å². The average Bonchev–Trinajstić information content (AvgIpc) is 2.65. The lowest BCUT2D eigenvalue weighted by Crippen LogP contribution is -2.48.